The van der Waals surface area contributed by atoms with Gasteiger partial charge in [-0.25, -0.2) is 0 Å². The lowest BCUT2D eigenvalue weighted by Crippen LogP contribution is -2.06. The highest BCUT2D eigenvalue weighted by atomic mass is 16.5. The molecule has 21 heavy (non-hydrogen) atoms. The van der Waals surface area contributed by atoms with Crippen LogP contribution in [0.5, 0.6) is 5.75 Å². The van der Waals surface area contributed by atoms with Crippen LogP contribution in [0, 0.1) is 13.8 Å². The van der Waals surface area contributed by atoms with Crippen molar-refractivity contribution in [1.82, 2.24) is 9.78 Å². The Kier molecular flexibility index (Phi) is 3.91. The topological polar surface area (TPSA) is 27.1 Å². The number of benzene rings is 2. The molecule has 3 aromatic rings. The second kappa shape index (κ2) is 6.00. The monoisotopic (exact) mass is 280 g/mol. The Bertz CT molecular complexity index is 746. The number of fused-ring (bicyclic) bond motifs is 1. The van der Waals surface area contributed by atoms with E-state index < -0.39 is 0 Å². The molecule has 3 rings (SSSR count). The lowest BCUT2D eigenvalue weighted by atomic mass is 10.1. The number of ether oxygens (including phenoxy) is 1. The molecule has 0 amide bonds. The Balaban J connectivity index is 1.58. The van der Waals surface area contributed by atoms with Crippen LogP contribution >= 0.6 is 0 Å². The number of nitrogens with zero attached hydrogens (tertiary/aromatic N) is 2. The molecular formula is C18H20N2O. The number of aromatic nitrogens is 2. The van der Waals surface area contributed by atoms with Crippen LogP contribution in [0.15, 0.2) is 48.7 Å². The SMILES string of the molecule is Cc1cccc(OCCCn2ncc3ccccc32)c1C. The van der Waals surface area contributed by atoms with E-state index in [-0.39, 0.29) is 0 Å². The minimum Gasteiger partial charge on any atom is -0.493 e. The third-order valence-corrected chi connectivity index (χ3v) is 3.88. The van der Waals surface area contributed by atoms with Gasteiger partial charge in [-0.3, -0.25) is 4.68 Å². The molecule has 3 heteroatoms. The van der Waals surface area contributed by atoms with Crippen molar-refractivity contribution >= 4 is 10.9 Å². The zero-order valence-corrected chi connectivity index (χ0v) is 12.5. The Morgan fingerprint density at radius 3 is 2.81 bits per heavy atom. The van der Waals surface area contributed by atoms with Gasteiger partial charge >= 0.3 is 0 Å². The Hall–Kier alpha value is -2.29. The van der Waals surface area contributed by atoms with E-state index in [9.17, 15) is 0 Å². The van der Waals surface area contributed by atoms with Crippen LogP contribution < -0.4 is 4.74 Å². The van der Waals surface area contributed by atoms with Crippen LogP contribution in [0.4, 0.5) is 0 Å². The van der Waals surface area contributed by atoms with Gasteiger partial charge in [-0.05, 0) is 37.1 Å². The summed E-state index contributed by atoms with van der Waals surface area (Å²) in [6, 6.07) is 14.5. The molecule has 2 aromatic carbocycles. The summed E-state index contributed by atoms with van der Waals surface area (Å²) in [4.78, 5) is 0. The van der Waals surface area contributed by atoms with Crippen LogP contribution in [0.25, 0.3) is 10.9 Å². The number of rotatable bonds is 5. The molecule has 0 aliphatic rings. The highest BCUT2D eigenvalue weighted by Crippen LogP contribution is 2.20. The fourth-order valence-corrected chi connectivity index (χ4v) is 2.48. The number of hydrogen-bond donors (Lipinski definition) is 0. The zero-order valence-electron chi connectivity index (χ0n) is 12.5. The number of aryl methyl sites for hydroxylation is 2. The van der Waals surface area contributed by atoms with Crippen LogP contribution in [-0.2, 0) is 6.54 Å². The molecule has 0 atom stereocenters. The van der Waals surface area contributed by atoms with Gasteiger partial charge in [0.05, 0.1) is 18.3 Å². The van der Waals surface area contributed by atoms with E-state index in [1.807, 2.05) is 35.1 Å². The molecule has 0 spiro atoms. The van der Waals surface area contributed by atoms with E-state index in [0.717, 1.165) is 18.7 Å². The maximum absolute atomic E-state index is 5.89. The van der Waals surface area contributed by atoms with Crippen molar-refractivity contribution in [3.05, 3.63) is 59.8 Å². The van der Waals surface area contributed by atoms with Crippen molar-refractivity contribution in [2.24, 2.45) is 0 Å². The number of para-hydroxylation sites is 1. The Morgan fingerprint density at radius 2 is 1.90 bits per heavy atom. The predicted molar refractivity (Wildman–Crippen MR) is 85.8 cm³/mol. The fourth-order valence-electron chi connectivity index (χ4n) is 2.48. The van der Waals surface area contributed by atoms with Gasteiger partial charge in [0.15, 0.2) is 0 Å². The first-order valence-corrected chi connectivity index (χ1v) is 7.35. The second-order valence-corrected chi connectivity index (χ2v) is 5.33. The lowest BCUT2D eigenvalue weighted by molar-refractivity contribution is 0.297. The summed E-state index contributed by atoms with van der Waals surface area (Å²) >= 11 is 0. The van der Waals surface area contributed by atoms with Gasteiger partial charge in [0.1, 0.15) is 5.75 Å². The zero-order chi connectivity index (χ0) is 14.7. The summed E-state index contributed by atoms with van der Waals surface area (Å²) in [6.45, 7) is 5.79. The molecule has 0 aliphatic carbocycles. The van der Waals surface area contributed by atoms with Crippen molar-refractivity contribution in [3.8, 4) is 5.75 Å². The van der Waals surface area contributed by atoms with Gasteiger partial charge in [0.2, 0.25) is 0 Å². The van der Waals surface area contributed by atoms with Gasteiger partial charge in [-0.1, -0.05) is 30.3 Å². The van der Waals surface area contributed by atoms with E-state index in [0.29, 0.717) is 6.61 Å². The third kappa shape index (κ3) is 2.92. The molecule has 0 bridgehead atoms. The van der Waals surface area contributed by atoms with E-state index in [1.54, 1.807) is 0 Å². The Labute approximate surface area is 125 Å². The molecule has 3 nitrogen and oxygen atoms in total. The molecule has 1 aromatic heterocycles. The first kappa shape index (κ1) is 13.7. The molecule has 0 unspecified atom stereocenters. The maximum Gasteiger partial charge on any atom is 0.122 e. The molecule has 0 saturated carbocycles. The van der Waals surface area contributed by atoms with Crippen molar-refractivity contribution in [1.29, 1.82) is 0 Å². The summed E-state index contributed by atoms with van der Waals surface area (Å²) < 4.78 is 7.93. The minimum atomic E-state index is 0.707. The average molecular weight is 280 g/mol. The Morgan fingerprint density at radius 1 is 1.05 bits per heavy atom. The molecule has 0 radical (unpaired) electrons. The van der Waals surface area contributed by atoms with Crippen LogP contribution in [0.1, 0.15) is 17.5 Å². The van der Waals surface area contributed by atoms with Crippen molar-refractivity contribution in [2.75, 3.05) is 6.61 Å². The van der Waals surface area contributed by atoms with E-state index in [4.69, 9.17) is 4.74 Å². The molecule has 0 saturated heterocycles. The quantitative estimate of drug-likeness (QED) is 0.657. The second-order valence-electron chi connectivity index (χ2n) is 5.33. The molecular weight excluding hydrogens is 260 g/mol. The predicted octanol–water partition coefficient (Wildman–Crippen LogP) is 4.12. The normalized spacial score (nSPS) is 11.0. The number of hydrogen-bond acceptors (Lipinski definition) is 2. The largest absolute Gasteiger partial charge is 0.493 e. The smallest absolute Gasteiger partial charge is 0.122 e. The summed E-state index contributed by atoms with van der Waals surface area (Å²) in [5.41, 5.74) is 3.68. The van der Waals surface area contributed by atoms with Gasteiger partial charge in [-0.15, -0.1) is 0 Å². The first-order valence-electron chi connectivity index (χ1n) is 7.35. The van der Waals surface area contributed by atoms with Crippen molar-refractivity contribution in [2.45, 2.75) is 26.8 Å². The molecule has 0 aliphatic heterocycles. The van der Waals surface area contributed by atoms with Gasteiger partial charge in [0.25, 0.3) is 0 Å². The van der Waals surface area contributed by atoms with E-state index >= 15 is 0 Å². The fraction of sp³-hybridized carbons (Fsp3) is 0.278. The molecule has 1 heterocycles. The van der Waals surface area contributed by atoms with Crippen LogP contribution in [0.3, 0.4) is 0 Å². The highest BCUT2D eigenvalue weighted by molar-refractivity contribution is 5.78. The summed E-state index contributed by atoms with van der Waals surface area (Å²) in [5, 5.41) is 5.62. The van der Waals surface area contributed by atoms with Crippen LogP contribution in [-0.4, -0.2) is 16.4 Å². The summed E-state index contributed by atoms with van der Waals surface area (Å²) in [7, 11) is 0. The lowest BCUT2D eigenvalue weighted by Gasteiger charge is -2.11. The molecule has 108 valence electrons. The van der Waals surface area contributed by atoms with E-state index in [1.165, 1.54) is 22.0 Å². The van der Waals surface area contributed by atoms with Gasteiger partial charge < -0.3 is 4.74 Å². The summed E-state index contributed by atoms with van der Waals surface area (Å²) in [5.74, 6) is 0.986. The highest BCUT2D eigenvalue weighted by Gasteiger charge is 2.03. The molecule has 0 N–H and O–H groups in total. The standard InChI is InChI=1S/C18H20N2O/c1-14-7-5-10-18(15(14)2)21-12-6-11-20-17-9-4-3-8-16(17)13-19-20/h3-5,7-10,13H,6,11-12H2,1-2H3. The average Bonchev–Trinajstić information content (AvgIpc) is 2.91. The van der Waals surface area contributed by atoms with Crippen LogP contribution in [0.2, 0.25) is 0 Å². The summed E-state index contributed by atoms with van der Waals surface area (Å²) in [6.07, 6.45) is 2.86. The maximum atomic E-state index is 5.89. The van der Waals surface area contributed by atoms with Gasteiger partial charge in [0, 0.05) is 18.4 Å². The third-order valence-electron chi connectivity index (χ3n) is 3.88. The van der Waals surface area contributed by atoms with Crippen molar-refractivity contribution < 1.29 is 4.74 Å². The van der Waals surface area contributed by atoms with Gasteiger partial charge in [-0.2, -0.15) is 5.10 Å². The minimum absolute atomic E-state index is 0.707. The van der Waals surface area contributed by atoms with Crippen molar-refractivity contribution in [3.63, 3.8) is 0 Å². The molecule has 0 fully saturated rings. The first-order chi connectivity index (χ1) is 10.3. The van der Waals surface area contributed by atoms with E-state index in [2.05, 4.69) is 37.1 Å².